The second kappa shape index (κ2) is 7.08. The van der Waals surface area contributed by atoms with E-state index >= 15 is 4.39 Å². The Bertz CT molecular complexity index is 791. The number of carbonyl (C=O) groups is 1. The van der Waals surface area contributed by atoms with E-state index in [1.807, 2.05) is 58.3 Å². The smallest absolute Gasteiger partial charge is 0.320 e. The molecule has 0 aliphatic carbocycles. The lowest BCUT2D eigenvalue weighted by atomic mass is 9.96. The van der Waals surface area contributed by atoms with Gasteiger partial charge in [0.05, 0.1) is 6.04 Å². The second-order valence-corrected chi connectivity index (χ2v) is 7.28. The van der Waals surface area contributed by atoms with E-state index in [1.54, 1.807) is 0 Å². The van der Waals surface area contributed by atoms with Crippen LogP contribution < -0.4 is 5.73 Å². The number of hydrogen-bond donors (Lipinski definition) is 1. The van der Waals surface area contributed by atoms with Crippen molar-refractivity contribution < 1.29 is 14.9 Å². The summed E-state index contributed by atoms with van der Waals surface area (Å²) >= 11 is 0. The van der Waals surface area contributed by atoms with E-state index in [1.165, 1.54) is 0 Å². The molecule has 0 aromatic heterocycles. The first-order valence-corrected chi connectivity index (χ1v) is 9.36. The fraction of sp³-hybridized carbons (Fsp3) is 0.381. The van der Waals surface area contributed by atoms with Crippen molar-refractivity contribution in [3.63, 3.8) is 0 Å². The molecule has 2 fully saturated rings. The average molecular weight is 354 g/mol. The Morgan fingerprint density at radius 1 is 1.08 bits per heavy atom. The maximum absolute atomic E-state index is 15.2. The van der Waals surface area contributed by atoms with E-state index in [9.17, 15) is 4.79 Å². The van der Waals surface area contributed by atoms with Gasteiger partial charge in [0.25, 0.3) is 0 Å². The van der Waals surface area contributed by atoms with Crippen LogP contribution in [0.1, 0.15) is 18.4 Å². The third kappa shape index (κ3) is 3.07. The molecule has 2 aliphatic rings. The number of rotatable bonds is 3. The van der Waals surface area contributed by atoms with Crippen molar-refractivity contribution in [2.75, 3.05) is 19.6 Å². The molecule has 2 aromatic rings. The minimum atomic E-state index is -0.186. The van der Waals surface area contributed by atoms with E-state index in [2.05, 4.69) is 5.73 Å². The summed E-state index contributed by atoms with van der Waals surface area (Å²) in [6.45, 7) is 2.39. The largest absolute Gasteiger partial charge is 0.353 e. The summed E-state index contributed by atoms with van der Waals surface area (Å²) in [5, 5.41) is 0. The van der Waals surface area contributed by atoms with Crippen LogP contribution in [0.25, 0.3) is 11.1 Å². The highest BCUT2D eigenvalue weighted by Gasteiger charge is 2.40. The predicted octanol–water partition coefficient (Wildman–Crippen LogP) is 2.55. The maximum atomic E-state index is 15.2. The summed E-state index contributed by atoms with van der Waals surface area (Å²) in [5.74, 6) is -0.186. The van der Waals surface area contributed by atoms with Gasteiger partial charge in [-0.2, -0.15) is 0 Å². The van der Waals surface area contributed by atoms with E-state index in [4.69, 9.17) is 0 Å². The molecule has 4 rings (SSSR count). The van der Waals surface area contributed by atoms with Crippen LogP contribution in [-0.2, 0) is 6.42 Å². The highest BCUT2D eigenvalue weighted by atomic mass is 19.1. The zero-order valence-electron chi connectivity index (χ0n) is 14.9. The Morgan fingerprint density at radius 3 is 2.54 bits per heavy atom. The molecule has 2 amide bonds. The predicted molar refractivity (Wildman–Crippen MR) is 98.9 cm³/mol. The second-order valence-electron chi connectivity index (χ2n) is 7.28. The van der Waals surface area contributed by atoms with Gasteiger partial charge in [0.15, 0.2) is 0 Å². The van der Waals surface area contributed by atoms with Crippen LogP contribution in [0.2, 0.25) is 0 Å². The molecule has 2 aromatic carbocycles. The van der Waals surface area contributed by atoms with E-state index in [-0.39, 0.29) is 23.9 Å². The summed E-state index contributed by atoms with van der Waals surface area (Å²) in [7, 11) is 0. The number of hydrogen-bond acceptors (Lipinski definition) is 1. The topological polar surface area (TPSA) is 51.2 Å². The van der Waals surface area contributed by atoms with Crippen molar-refractivity contribution in [3.05, 3.63) is 59.9 Å². The highest BCUT2D eigenvalue weighted by molar-refractivity contribution is 5.76. The summed E-state index contributed by atoms with van der Waals surface area (Å²) in [6, 6.07) is 15.3. The van der Waals surface area contributed by atoms with E-state index in [0.29, 0.717) is 24.1 Å². The summed E-state index contributed by atoms with van der Waals surface area (Å²) in [6.07, 6.45) is 2.47. The molecule has 2 unspecified atom stereocenters. The molecular formula is C21H25FN3O+. The Balaban J connectivity index is 1.58. The standard InChI is InChI=1S/C21H24FN3O/c22-20-16(8-4-9-17(20)15-6-2-1-3-7-15)14-19-18(23)10-13-25(19)21(26)24-11-5-12-24/h1-4,6-9,18-19H,5,10-14,23H2/p+1. The van der Waals surface area contributed by atoms with Gasteiger partial charge in [-0.25, -0.2) is 9.18 Å². The van der Waals surface area contributed by atoms with Gasteiger partial charge >= 0.3 is 6.03 Å². The number of urea groups is 1. The number of amides is 2. The SMILES string of the molecule is [NH3+]C1CCN(C(=O)N2CCC2)C1Cc1cccc(-c2ccccc2)c1F. The molecule has 0 bridgehead atoms. The van der Waals surface area contributed by atoms with E-state index in [0.717, 1.165) is 31.5 Å². The normalized spacial score (nSPS) is 22.4. The van der Waals surface area contributed by atoms with Gasteiger partial charge in [0.1, 0.15) is 11.9 Å². The van der Waals surface area contributed by atoms with Gasteiger partial charge in [0, 0.05) is 38.0 Å². The molecule has 2 aliphatic heterocycles. The fourth-order valence-corrected chi connectivity index (χ4v) is 3.92. The van der Waals surface area contributed by atoms with Crippen molar-refractivity contribution in [2.45, 2.75) is 31.3 Å². The van der Waals surface area contributed by atoms with Crippen LogP contribution in [0.15, 0.2) is 48.5 Å². The number of carbonyl (C=O) groups excluding carboxylic acids is 1. The van der Waals surface area contributed by atoms with Gasteiger partial charge < -0.3 is 15.5 Å². The Kier molecular flexibility index (Phi) is 4.64. The molecule has 26 heavy (non-hydrogen) atoms. The van der Waals surface area contributed by atoms with Crippen LogP contribution in [0.3, 0.4) is 0 Å². The lowest BCUT2D eigenvalue weighted by molar-refractivity contribution is -0.422. The molecule has 0 spiro atoms. The molecular weight excluding hydrogens is 329 g/mol. The zero-order valence-corrected chi connectivity index (χ0v) is 14.9. The lowest BCUT2D eigenvalue weighted by Gasteiger charge is -2.37. The number of halogens is 1. The quantitative estimate of drug-likeness (QED) is 0.905. The molecule has 2 heterocycles. The molecule has 3 N–H and O–H groups in total. The van der Waals surface area contributed by atoms with Crippen LogP contribution in [-0.4, -0.2) is 47.5 Å². The third-order valence-corrected chi connectivity index (χ3v) is 5.65. The lowest BCUT2D eigenvalue weighted by Crippen LogP contribution is -2.67. The highest BCUT2D eigenvalue weighted by Crippen LogP contribution is 2.28. The number of benzene rings is 2. The van der Waals surface area contributed by atoms with Crippen LogP contribution in [0.4, 0.5) is 9.18 Å². The van der Waals surface area contributed by atoms with E-state index < -0.39 is 0 Å². The molecule has 2 atom stereocenters. The van der Waals surface area contributed by atoms with Crippen molar-refractivity contribution in [1.29, 1.82) is 0 Å². The van der Waals surface area contributed by atoms with Crippen molar-refractivity contribution >= 4 is 6.03 Å². The molecule has 0 radical (unpaired) electrons. The number of nitrogens with zero attached hydrogens (tertiary/aromatic N) is 2. The van der Waals surface area contributed by atoms with Crippen LogP contribution in [0, 0.1) is 5.82 Å². The average Bonchev–Trinajstić information content (AvgIpc) is 2.97. The van der Waals surface area contributed by atoms with Gasteiger partial charge in [-0.15, -0.1) is 0 Å². The monoisotopic (exact) mass is 354 g/mol. The van der Waals surface area contributed by atoms with Crippen LogP contribution in [0.5, 0.6) is 0 Å². The van der Waals surface area contributed by atoms with Crippen molar-refractivity contribution in [2.24, 2.45) is 0 Å². The molecule has 5 heteroatoms. The Morgan fingerprint density at radius 2 is 1.85 bits per heavy atom. The summed E-state index contributed by atoms with van der Waals surface area (Å²) in [4.78, 5) is 16.5. The maximum Gasteiger partial charge on any atom is 0.320 e. The zero-order chi connectivity index (χ0) is 18.1. The molecule has 0 saturated carbocycles. The first-order valence-electron chi connectivity index (χ1n) is 9.36. The van der Waals surface area contributed by atoms with Gasteiger partial charge in [-0.3, -0.25) is 0 Å². The molecule has 2 saturated heterocycles. The molecule has 136 valence electrons. The first kappa shape index (κ1) is 17.0. The van der Waals surface area contributed by atoms with Gasteiger partial charge in [-0.1, -0.05) is 48.5 Å². The van der Waals surface area contributed by atoms with Gasteiger partial charge in [0.2, 0.25) is 0 Å². The van der Waals surface area contributed by atoms with Crippen molar-refractivity contribution in [1.82, 2.24) is 9.80 Å². The summed E-state index contributed by atoms with van der Waals surface area (Å²) < 4.78 is 15.2. The summed E-state index contributed by atoms with van der Waals surface area (Å²) in [5.41, 5.74) is 6.37. The van der Waals surface area contributed by atoms with Crippen LogP contribution >= 0.6 is 0 Å². The first-order chi connectivity index (χ1) is 12.6. The van der Waals surface area contributed by atoms with Gasteiger partial charge in [-0.05, 0) is 17.5 Å². The Hall–Kier alpha value is -2.40. The Labute approximate surface area is 153 Å². The van der Waals surface area contributed by atoms with Crippen molar-refractivity contribution in [3.8, 4) is 11.1 Å². The number of likely N-dealkylation sites (tertiary alicyclic amines) is 2. The minimum absolute atomic E-state index is 0.0383. The minimum Gasteiger partial charge on any atom is -0.353 e. The molecule has 4 nitrogen and oxygen atoms in total. The number of quaternary nitrogens is 1. The fourth-order valence-electron chi connectivity index (χ4n) is 3.92. The third-order valence-electron chi connectivity index (χ3n) is 5.65.